The summed E-state index contributed by atoms with van der Waals surface area (Å²) in [7, 11) is 0. The first kappa shape index (κ1) is 12.3. The van der Waals surface area contributed by atoms with Gasteiger partial charge >= 0.3 is 5.97 Å². The fraction of sp³-hybridized carbons (Fsp3) is 0.875. The van der Waals surface area contributed by atoms with Crippen molar-refractivity contribution in [2.75, 3.05) is 6.61 Å². The molecule has 0 heterocycles. The molecule has 0 aromatic heterocycles. The second-order valence-corrected chi connectivity index (χ2v) is 3.06. The maximum absolute atomic E-state index is 13.1. The average molecular weight is 195 g/mol. The molecule has 0 saturated carbocycles. The Morgan fingerprint density at radius 1 is 1.54 bits per heavy atom. The van der Waals surface area contributed by atoms with Gasteiger partial charge in [-0.25, -0.2) is 8.78 Å². The summed E-state index contributed by atoms with van der Waals surface area (Å²) in [5.41, 5.74) is 5.06. The van der Waals surface area contributed by atoms with Crippen LogP contribution in [0.5, 0.6) is 0 Å². The number of hydrogen-bond donors (Lipinski definition) is 1. The van der Waals surface area contributed by atoms with Crippen molar-refractivity contribution in [1.82, 2.24) is 0 Å². The SMILES string of the molecule is CCOC(=O)C(N)C(F)(F)C(C)C. The highest BCUT2D eigenvalue weighted by molar-refractivity contribution is 5.76. The van der Waals surface area contributed by atoms with Crippen LogP contribution in [0.15, 0.2) is 0 Å². The number of halogens is 2. The monoisotopic (exact) mass is 195 g/mol. The maximum atomic E-state index is 13.1. The molecule has 0 aromatic carbocycles. The lowest BCUT2D eigenvalue weighted by molar-refractivity contribution is -0.158. The molecule has 2 N–H and O–H groups in total. The van der Waals surface area contributed by atoms with Crippen molar-refractivity contribution in [3.63, 3.8) is 0 Å². The maximum Gasteiger partial charge on any atom is 0.329 e. The predicted molar refractivity (Wildman–Crippen MR) is 44.4 cm³/mol. The van der Waals surface area contributed by atoms with Crippen LogP contribution in [0, 0.1) is 5.92 Å². The Morgan fingerprint density at radius 2 is 2.00 bits per heavy atom. The zero-order valence-electron chi connectivity index (χ0n) is 8.01. The van der Waals surface area contributed by atoms with E-state index < -0.39 is 23.9 Å². The topological polar surface area (TPSA) is 52.3 Å². The van der Waals surface area contributed by atoms with Crippen LogP contribution in [0.3, 0.4) is 0 Å². The van der Waals surface area contributed by atoms with Crippen LogP contribution in [0.4, 0.5) is 8.78 Å². The summed E-state index contributed by atoms with van der Waals surface area (Å²) < 4.78 is 30.6. The molecular weight excluding hydrogens is 180 g/mol. The van der Waals surface area contributed by atoms with Crippen LogP contribution in [0.2, 0.25) is 0 Å². The third-order valence-electron chi connectivity index (χ3n) is 1.72. The van der Waals surface area contributed by atoms with Gasteiger partial charge in [-0.05, 0) is 6.92 Å². The molecule has 0 aliphatic heterocycles. The summed E-state index contributed by atoms with van der Waals surface area (Å²) >= 11 is 0. The van der Waals surface area contributed by atoms with Crippen molar-refractivity contribution >= 4 is 5.97 Å². The summed E-state index contributed by atoms with van der Waals surface area (Å²) in [6, 6.07) is -1.87. The van der Waals surface area contributed by atoms with E-state index in [0.717, 1.165) is 0 Å². The van der Waals surface area contributed by atoms with Gasteiger partial charge in [0.2, 0.25) is 0 Å². The minimum absolute atomic E-state index is 0.0563. The van der Waals surface area contributed by atoms with E-state index >= 15 is 0 Å². The van der Waals surface area contributed by atoms with E-state index in [1.54, 1.807) is 0 Å². The van der Waals surface area contributed by atoms with Gasteiger partial charge < -0.3 is 10.5 Å². The molecule has 0 aliphatic rings. The molecule has 5 heteroatoms. The Morgan fingerprint density at radius 3 is 2.31 bits per heavy atom. The Hall–Kier alpha value is -0.710. The van der Waals surface area contributed by atoms with Gasteiger partial charge in [0, 0.05) is 5.92 Å². The molecular formula is C8H15F2NO2. The van der Waals surface area contributed by atoms with Crippen LogP contribution in [-0.4, -0.2) is 24.5 Å². The van der Waals surface area contributed by atoms with Crippen molar-refractivity contribution in [1.29, 1.82) is 0 Å². The molecule has 0 fully saturated rings. The third-order valence-corrected chi connectivity index (χ3v) is 1.72. The summed E-state index contributed by atoms with van der Waals surface area (Å²) in [5.74, 6) is -5.25. The zero-order valence-corrected chi connectivity index (χ0v) is 8.01. The molecule has 1 atom stereocenters. The lowest BCUT2D eigenvalue weighted by Crippen LogP contribution is -2.50. The molecule has 0 amide bonds. The van der Waals surface area contributed by atoms with Gasteiger partial charge in [-0.2, -0.15) is 0 Å². The zero-order chi connectivity index (χ0) is 10.6. The van der Waals surface area contributed by atoms with Crippen molar-refractivity contribution in [3.05, 3.63) is 0 Å². The van der Waals surface area contributed by atoms with Crippen LogP contribution in [0.1, 0.15) is 20.8 Å². The summed E-state index contributed by atoms with van der Waals surface area (Å²) in [4.78, 5) is 10.9. The second-order valence-electron chi connectivity index (χ2n) is 3.06. The van der Waals surface area contributed by atoms with Crippen LogP contribution in [0.25, 0.3) is 0 Å². The number of rotatable bonds is 4. The first-order valence-corrected chi connectivity index (χ1v) is 4.14. The van der Waals surface area contributed by atoms with Gasteiger partial charge in [-0.3, -0.25) is 4.79 Å². The second kappa shape index (κ2) is 4.50. The molecule has 0 saturated heterocycles. The van der Waals surface area contributed by atoms with Gasteiger partial charge in [-0.1, -0.05) is 13.8 Å². The largest absolute Gasteiger partial charge is 0.465 e. The van der Waals surface area contributed by atoms with E-state index in [-0.39, 0.29) is 6.61 Å². The highest BCUT2D eigenvalue weighted by Gasteiger charge is 2.45. The van der Waals surface area contributed by atoms with Crippen molar-refractivity contribution < 1.29 is 18.3 Å². The lowest BCUT2D eigenvalue weighted by Gasteiger charge is -2.25. The van der Waals surface area contributed by atoms with Gasteiger partial charge in [0.05, 0.1) is 6.61 Å². The molecule has 78 valence electrons. The fourth-order valence-corrected chi connectivity index (χ4v) is 0.748. The van der Waals surface area contributed by atoms with E-state index in [4.69, 9.17) is 5.73 Å². The minimum atomic E-state index is -3.22. The average Bonchev–Trinajstić information content (AvgIpc) is 2.03. The quantitative estimate of drug-likeness (QED) is 0.685. The highest BCUT2D eigenvalue weighted by Crippen LogP contribution is 2.27. The first-order valence-electron chi connectivity index (χ1n) is 4.14. The number of nitrogens with two attached hydrogens (primary N) is 1. The summed E-state index contributed by atoms with van der Waals surface area (Å²) in [6.45, 7) is 4.21. The van der Waals surface area contributed by atoms with Crippen LogP contribution >= 0.6 is 0 Å². The fourth-order valence-electron chi connectivity index (χ4n) is 0.748. The van der Waals surface area contributed by atoms with E-state index in [9.17, 15) is 13.6 Å². The Bertz CT molecular complexity index is 183. The number of ether oxygens (including phenoxy) is 1. The van der Waals surface area contributed by atoms with Crippen LogP contribution in [-0.2, 0) is 9.53 Å². The molecule has 0 aromatic rings. The number of esters is 1. The summed E-state index contributed by atoms with van der Waals surface area (Å²) in [6.07, 6.45) is 0. The lowest BCUT2D eigenvalue weighted by atomic mass is 9.99. The van der Waals surface area contributed by atoms with Gasteiger partial charge in [-0.15, -0.1) is 0 Å². The van der Waals surface area contributed by atoms with Crippen molar-refractivity contribution in [2.45, 2.75) is 32.7 Å². The van der Waals surface area contributed by atoms with Gasteiger partial charge in [0.25, 0.3) is 5.92 Å². The standard InChI is InChI=1S/C8H15F2NO2/c1-4-13-7(12)6(11)8(9,10)5(2)3/h5-6H,4,11H2,1-3H3. The van der Waals surface area contributed by atoms with Gasteiger partial charge in [0.15, 0.2) is 6.04 Å². The normalized spacial score (nSPS) is 14.4. The highest BCUT2D eigenvalue weighted by atomic mass is 19.3. The molecule has 13 heavy (non-hydrogen) atoms. The number of hydrogen-bond acceptors (Lipinski definition) is 3. The Labute approximate surface area is 76.2 Å². The predicted octanol–water partition coefficient (Wildman–Crippen LogP) is 1.17. The molecule has 0 bridgehead atoms. The number of alkyl halides is 2. The van der Waals surface area contributed by atoms with Crippen LogP contribution < -0.4 is 5.73 Å². The van der Waals surface area contributed by atoms with Crippen molar-refractivity contribution in [3.8, 4) is 0 Å². The molecule has 0 rings (SSSR count). The number of carbonyl (C=O) groups excluding carboxylic acids is 1. The Kier molecular flexibility index (Phi) is 4.26. The third kappa shape index (κ3) is 2.91. The number of carbonyl (C=O) groups is 1. The molecule has 0 radical (unpaired) electrons. The molecule has 0 aliphatic carbocycles. The minimum Gasteiger partial charge on any atom is -0.465 e. The van der Waals surface area contributed by atoms with Gasteiger partial charge in [0.1, 0.15) is 0 Å². The van der Waals surface area contributed by atoms with E-state index in [1.807, 2.05) is 0 Å². The van der Waals surface area contributed by atoms with E-state index in [0.29, 0.717) is 0 Å². The Balaban J connectivity index is 4.39. The van der Waals surface area contributed by atoms with Crippen molar-refractivity contribution in [2.24, 2.45) is 11.7 Å². The smallest absolute Gasteiger partial charge is 0.329 e. The van der Waals surface area contributed by atoms with E-state index in [1.165, 1.54) is 20.8 Å². The molecule has 1 unspecified atom stereocenters. The first-order chi connectivity index (χ1) is 5.84. The molecule has 0 spiro atoms. The summed E-state index contributed by atoms with van der Waals surface area (Å²) in [5, 5.41) is 0. The molecule has 3 nitrogen and oxygen atoms in total. The van der Waals surface area contributed by atoms with E-state index in [2.05, 4.69) is 4.74 Å².